The summed E-state index contributed by atoms with van der Waals surface area (Å²) in [5.74, 6) is 1.10. The van der Waals surface area contributed by atoms with E-state index in [1.54, 1.807) is 6.92 Å². The number of aromatic amines is 2. The lowest BCUT2D eigenvalue weighted by molar-refractivity contribution is -0.146. The second-order valence-electron chi connectivity index (χ2n) is 18.1. The number of nitrogens with one attached hydrogen (secondary N) is 4. The zero-order valence-corrected chi connectivity index (χ0v) is 32.0. The van der Waals surface area contributed by atoms with Crippen LogP contribution in [-0.2, 0) is 9.59 Å². The molecule has 9 heteroatoms. The molecule has 6 rings (SSSR count). The van der Waals surface area contributed by atoms with Crippen molar-refractivity contribution in [1.29, 1.82) is 0 Å². The largest absolute Gasteiger partial charge is 0.380 e. The lowest BCUT2D eigenvalue weighted by Crippen LogP contribution is -2.52. The van der Waals surface area contributed by atoms with Crippen LogP contribution in [-0.4, -0.2) is 42.5 Å². The van der Waals surface area contributed by atoms with E-state index in [1.807, 2.05) is 26.2 Å². The van der Waals surface area contributed by atoms with Gasteiger partial charge in [-0.25, -0.2) is 9.97 Å². The lowest BCUT2D eigenvalue weighted by Gasteiger charge is -2.35. The standard InChI is InChI=1S/C42H56N6O3/c1-25(40(8)19-20-40)36(49)47-32(38(2,3)4)34-43-23-30(45-34)28-15-11-26(12-16-28)27-13-17-29(18-14-27)31-24-44-35(46-31)33(39(5,6)7)48-37(50)42(10,51)41(9)21-22-41/h11-18,23-25,32-33,51H,19-22H2,1-10H3,(H,43,45)(H,44,46)(H,47,49)(H,48,50)/t25?,32-,33?,42?/m1/s1. The van der Waals surface area contributed by atoms with Crippen molar-refractivity contribution in [3.63, 3.8) is 0 Å². The zero-order chi connectivity index (χ0) is 37.1. The molecule has 5 N–H and O–H groups in total. The molecule has 0 saturated heterocycles. The van der Waals surface area contributed by atoms with Gasteiger partial charge in [-0.1, -0.05) is 111 Å². The van der Waals surface area contributed by atoms with Gasteiger partial charge in [-0.15, -0.1) is 0 Å². The van der Waals surface area contributed by atoms with Crippen molar-refractivity contribution in [1.82, 2.24) is 30.6 Å². The molecular formula is C42H56N6O3. The molecule has 3 unspecified atom stereocenters. The van der Waals surface area contributed by atoms with Gasteiger partial charge < -0.3 is 25.7 Å². The molecule has 2 aromatic carbocycles. The molecule has 2 heterocycles. The number of nitrogens with zero attached hydrogens (tertiary/aromatic N) is 2. The Morgan fingerprint density at radius 3 is 1.45 bits per heavy atom. The Hall–Kier alpha value is -4.24. The van der Waals surface area contributed by atoms with Crippen molar-refractivity contribution < 1.29 is 14.7 Å². The van der Waals surface area contributed by atoms with E-state index in [0.717, 1.165) is 65.1 Å². The van der Waals surface area contributed by atoms with Gasteiger partial charge in [0.25, 0.3) is 5.91 Å². The first kappa shape index (κ1) is 36.5. The molecule has 0 aliphatic heterocycles. The summed E-state index contributed by atoms with van der Waals surface area (Å²) in [6.45, 7) is 20.3. The van der Waals surface area contributed by atoms with Gasteiger partial charge in [-0.05, 0) is 60.0 Å². The predicted octanol–water partition coefficient (Wildman–Crippen LogP) is 8.53. The number of imidazole rings is 2. The van der Waals surface area contributed by atoms with E-state index >= 15 is 0 Å². The van der Waals surface area contributed by atoms with Crippen LogP contribution >= 0.6 is 0 Å². The van der Waals surface area contributed by atoms with E-state index < -0.39 is 11.6 Å². The second kappa shape index (κ2) is 12.8. The molecule has 2 aliphatic carbocycles. The quantitative estimate of drug-likeness (QED) is 0.107. The molecule has 2 amide bonds. The second-order valence-corrected chi connectivity index (χ2v) is 18.1. The Morgan fingerprint density at radius 2 is 1.08 bits per heavy atom. The summed E-state index contributed by atoms with van der Waals surface area (Å²) in [5.41, 5.74) is 3.45. The maximum atomic E-state index is 13.3. The number of aromatic nitrogens is 4. The van der Waals surface area contributed by atoms with Crippen LogP contribution < -0.4 is 10.6 Å². The minimum absolute atomic E-state index is 0.0323. The highest BCUT2D eigenvalue weighted by Crippen LogP contribution is 2.54. The topological polar surface area (TPSA) is 136 Å². The lowest BCUT2D eigenvalue weighted by atomic mass is 9.83. The Bertz CT molecular complexity index is 1880. The third kappa shape index (κ3) is 7.41. The van der Waals surface area contributed by atoms with Gasteiger partial charge >= 0.3 is 0 Å². The van der Waals surface area contributed by atoms with Crippen LogP contribution in [0.5, 0.6) is 0 Å². The maximum Gasteiger partial charge on any atom is 0.252 e. The van der Waals surface area contributed by atoms with Crippen LogP contribution in [0.15, 0.2) is 60.9 Å². The van der Waals surface area contributed by atoms with Gasteiger partial charge in [0.15, 0.2) is 0 Å². The van der Waals surface area contributed by atoms with Gasteiger partial charge in [0.1, 0.15) is 17.2 Å². The summed E-state index contributed by atoms with van der Waals surface area (Å²) < 4.78 is 0. The predicted molar refractivity (Wildman–Crippen MR) is 202 cm³/mol. The molecule has 2 saturated carbocycles. The summed E-state index contributed by atoms with van der Waals surface area (Å²) >= 11 is 0. The van der Waals surface area contributed by atoms with Crippen LogP contribution in [0.3, 0.4) is 0 Å². The summed E-state index contributed by atoms with van der Waals surface area (Å²) in [7, 11) is 0. The van der Waals surface area contributed by atoms with E-state index in [0.29, 0.717) is 5.82 Å². The van der Waals surface area contributed by atoms with Crippen LogP contribution in [0.1, 0.15) is 119 Å². The summed E-state index contributed by atoms with van der Waals surface area (Å²) in [4.78, 5) is 42.9. The maximum absolute atomic E-state index is 13.3. The fourth-order valence-electron chi connectivity index (χ4n) is 6.76. The van der Waals surface area contributed by atoms with Crippen molar-refractivity contribution in [2.75, 3.05) is 0 Å². The molecule has 272 valence electrons. The first-order valence-electron chi connectivity index (χ1n) is 18.4. The monoisotopic (exact) mass is 692 g/mol. The van der Waals surface area contributed by atoms with Crippen LogP contribution in [0.25, 0.3) is 33.6 Å². The number of hydrogen-bond donors (Lipinski definition) is 5. The number of carbonyl (C=O) groups excluding carboxylic acids is 2. The van der Waals surface area contributed by atoms with Gasteiger partial charge in [-0.2, -0.15) is 0 Å². The average Bonchev–Trinajstić information content (AvgIpc) is 3.87. The minimum Gasteiger partial charge on any atom is -0.380 e. The van der Waals surface area contributed by atoms with Gasteiger partial charge in [0.05, 0.1) is 23.5 Å². The van der Waals surface area contributed by atoms with Crippen molar-refractivity contribution in [2.45, 2.75) is 113 Å². The number of benzene rings is 2. The van der Waals surface area contributed by atoms with Gasteiger partial charge in [-0.3, -0.25) is 9.59 Å². The fourth-order valence-corrected chi connectivity index (χ4v) is 6.76. The average molecular weight is 693 g/mol. The Morgan fingerprint density at radius 1 is 0.686 bits per heavy atom. The van der Waals surface area contributed by atoms with E-state index in [9.17, 15) is 14.7 Å². The Balaban J connectivity index is 1.14. The van der Waals surface area contributed by atoms with Crippen molar-refractivity contribution in [3.05, 3.63) is 72.6 Å². The normalized spacial score (nSPS) is 19.4. The molecule has 2 aliphatic rings. The fraction of sp³-hybridized carbons (Fsp3) is 0.524. The molecule has 0 bridgehead atoms. The number of aliphatic hydroxyl groups is 1. The van der Waals surface area contributed by atoms with Gasteiger partial charge in [0, 0.05) is 34.9 Å². The van der Waals surface area contributed by atoms with E-state index in [1.165, 1.54) is 0 Å². The molecular weight excluding hydrogens is 637 g/mol. The zero-order valence-electron chi connectivity index (χ0n) is 32.0. The van der Waals surface area contributed by atoms with Crippen LogP contribution in [0, 0.1) is 27.6 Å². The molecule has 4 atom stereocenters. The summed E-state index contributed by atoms with van der Waals surface area (Å²) in [5, 5.41) is 17.5. The minimum atomic E-state index is -1.44. The highest BCUT2D eigenvalue weighted by atomic mass is 16.3. The number of hydrogen-bond acceptors (Lipinski definition) is 5. The third-order valence-corrected chi connectivity index (χ3v) is 11.8. The van der Waals surface area contributed by atoms with Crippen LogP contribution in [0.2, 0.25) is 0 Å². The van der Waals surface area contributed by atoms with Crippen molar-refractivity contribution >= 4 is 11.8 Å². The van der Waals surface area contributed by atoms with Crippen LogP contribution in [0.4, 0.5) is 0 Å². The first-order valence-corrected chi connectivity index (χ1v) is 18.4. The number of amides is 2. The van der Waals surface area contributed by atoms with Crippen molar-refractivity contribution in [3.8, 4) is 33.6 Å². The third-order valence-electron chi connectivity index (χ3n) is 11.8. The number of carbonyl (C=O) groups is 2. The van der Waals surface area contributed by atoms with Crippen molar-refractivity contribution in [2.24, 2.45) is 27.6 Å². The molecule has 0 spiro atoms. The SMILES string of the molecule is CC(C(=O)N[C@H](c1nc(-c2ccc(-c3ccc(-c4c[nH]c(C(NC(=O)C(C)(O)C5(C)CC5)C(C)(C)C)n4)cc3)cc2)c[nH]1)C(C)(C)C)C1(C)CC1. The highest BCUT2D eigenvalue weighted by Gasteiger charge is 2.57. The summed E-state index contributed by atoms with van der Waals surface area (Å²) in [6, 6.07) is 16.0. The molecule has 0 radical (unpaired) electrons. The Labute approximate surface area is 302 Å². The highest BCUT2D eigenvalue weighted by molar-refractivity contribution is 5.86. The smallest absolute Gasteiger partial charge is 0.252 e. The first-order chi connectivity index (χ1) is 23.7. The Kier molecular flexibility index (Phi) is 9.14. The van der Waals surface area contributed by atoms with E-state index in [4.69, 9.17) is 9.97 Å². The number of rotatable bonds is 11. The van der Waals surface area contributed by atoms with Gasteiger partial charge in [0.2, 0.25) is 5.91 Å². The van der Waals surface area contributed by atoms with E-state index in [2.05, 4.69) is 118 Å². The molecule has 4 aromatic rings. The summed E-state index contributed by atoms with van der Waals surface area (Å²) in [6.07, 6.45) is 7.66. The number of H-pyrrole nitrogens is 2. The molecule has 2 fully saturated rings. The van der Waals surface area contributed by atoms with E-state index in [-0.39, 0.29) is 45.4 Å². The molecule has 2 aromatic heterocycles. The molecule has 51 heavy (non-hydrogen) atoms. The molecule has 9 nitrogen and oxygen atoms in total.